The Kier molecular flexibility index (Phi) is 5.90. The van der Waals surface area contributed by atoms with Crippen molar-refractivity contribution >= 4 is 17.5 Å². The number of carbonyl (C=O) groups is 1. The van der Waals surface area contributed by atoms with E-state index >= 15 is 0 Å². The first-order valence-electron chi connectivity index (χ1n) is 12.3. The summed E-state index contributed by atoms with van der Waals surface area (Å²) in [6.07, 6.45) is 2.43. The number of nitrogens with zero attached hydrogens (tertiary/aromatic N) is 4. The van der Waals surface area contributed by atoms with Crippen LogP contribution in [0, 0.1) is 13.8 Å². The Morgan fingerprint density at radius 2 is 1.85 bits per heavy atom. The summed E-state index contributed by atoms with van der Waals surface area (Å²) in [6.45, 7) is 11.3. The van der Waals surface area contributed by atoms with Gasteiger partial charge in [-0.05, 0) is 107 Å². The van der Waals surface area contributed by atoms with Crippen LogP contribution in [0.15, 0.2) is 30.3 Å². The van der Waals surface area contributed by atoms with Crippen molar-refractivity contribution in [2.24, 2.45) is 0 Å². The Balaban J connectivity index is 1.42. The lowest BCUT2D eigenvalue weighted by molar-refractivity contribution is 0.0958. The van der Waals surface area contributed by atoms with Crippen molar-refractivity contribution in [1.82, 2.24) is 25.0 Å². The third-order valence-corrected chi connectivity index (χ3v) is 7.36. The monoisotopic (exact) mass is 458 g/mol. The number of anilines is 2. The lowest BCUT2D eigenvalue weighted by Gasteiger charge is -2.30. The van der Waals surface area contributed by atoms with E-state index < -0.39 is 0 Å². The fraction of sp³-hybridized carbons (Fsp3) is 0.444. The number of benzene rings is 2. The van der Waals surface area contributed by atoms with E-state index in [1.165, 1.54) is 24.0 Å². The minimum absolute atomic E-state index is 0.00442. The largest absolute Gasteiger partial charge is 0.345 e. The predicted molar refractivity (Wildman–Crippen MR) is 136 cm³/mol. The summed E-state index contributed by atoms with van der Waals surface area (Å²) < 4.78 is 1.90. The highest BCUT2D eigenvalue weighted by Crippen LogP contribution is 2.34. The maximum atomic E-state index is 12.2. The topological polar surface area (TPSA) is 75.1 Å². The van der Waals surface area contributed by atoms with Crippen LogP contribution in [0.4, 0.5) is 11.6 Å². The molecule has 0 aliphatic carbocycles. The first-order valence-corrected chi connectivity index (χ1v) is 12.3. The molecule has 2 aliphatic rings. The van der Waals surface area contributed by atoms with E-state index in [2.05, 4.69) is 60.7 Å². The van der Waals surface area contributed by atoms with Crippen LogP contribution in [0.1, 0.15) is 71.3 Å². The number of aryl methyl sites for hydroxylation is 3. The molecule has 7 heteroatoms. The number of carbonyl (C=O) groups excluding carboxylic acids is 1. The van der Waals surface area contributed by atoms with Gasteiger partial charge in [0, 0.05) is 23.4 Å². The van der Waals surface area contributed by atoms with E-state index in [1.54, 1.807) is 0 Å². The van der Waals surface area contributed by atoms with Crippen LogP contribution in [0.2, 0.25) is 0 Å². The molecule has 0 saturated carbocycles. The van der Waals surface area contributed by atoms with Gasteiger partial charge in [0.1, 0.15) is 0 Å². The number of fused-ring (bicyclic) bond motifs is 1. The van der Waals surface area contributed by atoms with Crippen LogP contribution >= 0.6 is 0 Å². The molecular formula is C27H34N6O. The summed E-state index contributed by atoms with van der Waals surface area (Å²) in [6, 6.07) is 10.7. The van der Waals surface area contributed by atoms with Crippen molar-refractivity contribution in [3.8, 4) is 11.4 Å². The summed E-state index contributed by atoms with van der Waals surface area (Å²) in [5.41, 5.74) is 7.54. The van der Waals surface area contributed by atoms with Crippen LogP contribution in [0.25, 0.3) is 11.4 Å². The quantitative estimate of drug-likeness (QED) is 0.567. The maximum Gasteiger partial charge on any atom is 0.252 e. The Morgan fingerprint density at radius 3 is 2.56 bits per heavy atom. The summed E-state index contributed by atoms with van der Waals surface area (Å²) in [7, 11) is 2.20. The number of rotatable bonds is 5. The molecule has 1 saturated heterocycles. The van der Waals surface area contributed by atoms with Gasteiger partial charge < -0.3 is 15.5 Å². The third kappa shape index (κ3) is 4.09. The molecule has 0 bridgehead atoms. The normalized spacial score (nSPS) is 18.7. The summed E-state index contributed by atoms with van der Waals surface area (Å²) >= 11 is 0. The number of hydrogen-bond donors (Lipinski definition) is 2. The molecule has 2 aliphatic heterocycles. The molecule has 7 nitrogen and oxygen atoms in total. The highest BCUT2D eigenvalue weighted by atomic mass is 16.2. The molecule has 0 spiro atoms. The second-order valence-corrected chi connectivity index (χ2v) is 9.80. The molecule has 1 amide bonds. The van der Waals surface area contributed by atoms with Gasteiger partial charge in [0.15, 0.2) is 5.82 Å². The number of aromatic nitrogens is 3. The van der Waals surface area contributed by atoms with E-state index in [0.717, 1.165) is 46.9 Å². The van der Waals surface area contributed by atoms with Crippen LogP contribution in [-0.4, -0.2) is 45.7 Å². The second-order valence-electron chi connectivity index (χ2n) is 9.80. The van der Waals surface area contributed by atoms with E-state index in [4.69, 9.17) is 10.1 Å². The molecule has 0 radical (unpaired) electrons. The van der Waals surface area contributed by atoms with Crippen LogP contribution < -0.4 is 10.6 Å². The molecule has 3 aromatic rings. The van der Waals surface area contributed by atoms with Crippen molar-refractivity contribution < 1.29 is 4.79 Å². The van der Waals surface area contributed by atoms with Gasteiger partial charge in [0.05, 0.1) is 6.04 Å². The molecular weight excluding hydrogens is 424 g/mol. The first kappa shape index (κ1) is 22.6. The van der Waals surface area contributed by atoms with Gasteiger partial charge in [-0.2, -0.15) is 4.98 Å². The Bertz CT molecular complexity index is 1240. The average molecular weight is 459 g/mol. The fourth-order valence-corrected chi connectivity index (χ4v) is 5.26. The molecule has 1 fully saturated rings. The highest BCUT2D eigenvalue weighted by Gasteiger charge is 2.27. The van der Waals surface area contributed by atoms with Gasteiger partial charge in [-0.1, -0.05) is 12.1 Å². The van der Waals surface area contributed by atoms with Gasteiger partial charge in [-0.3, -0.25) is 4.79 Å². The van der Waals surface area contributed by atoms with Gasteiger partial charge in [0.2, 0.25) is 5.95 Å². The minimum Gasteiger partial charge on any atom is -0.345 e. The van der Waals surface area contributed by atoms with E-state index in [9.17, 15) is 4.79 Å². The number of piperidine rings is 1. The molecule has 1 unspecified atom stereocenters. The second kappa shape index (κ2) is 8.87. The number of likely N-dealkylation sites (tertiary alicyclic amines) is 1. The molecule has 1 aromatic heterocycles. The van der Waals surface area contributed by atoms with Gasteiger partial charge in [0.25, 0.3) is 5.91 Å². The zero-order chi connectivity index (χ0) is 24.0. The van der Waals surface area contributed by atoms with Gasteiger partial charge in [-0.15, -0.1) is 5.10 Å². The molecule has 3 heterocycles. The first-order chi connectivity index (χ1) is 16.3. The third-order valence-electron chi connectivity index (χ3n) is 7.36. The van der Waals surface area contributed by atoms with Crippen molar-refractivity contribution in [3.05, 3.63) is 58.1 Å². The van der Waals surface area contributed by atoms with Crippen LogP contribution in [-0.2, 0) is 6.54 Å². The smallest absolute Gasteiger partial charge is 0.252 e. The molecule has 2 N–H and O–H groups in total. The molecule has 2 aromatic carbocycles. The van der Waals surface area contributed by atoms with E-state index in [0.29, 0.717) is 18.4 Å². The molecule has 34 heavy (non-hydrogen) atoms. The standard InChI is InChI=1S/C27H34N6O/c1-6-33-27(29-24-15-22-18(4)28-26(34)23(22)14-17(24)3)30-25(31-33)20-7-8-21(16(2)13-20)19-9-11-32(5)12-10-19/h7-8,13-15,18-19H,6,9-12H2,1-5H3,(H,28,34)(H,29,30,31). The van der Waals surface area contributed by atoms with Gasteiger partial charge in [-0.25, -0.2) is 4.68 Å². The summed E-state index contributed by atoms with van der Waals surface area (Å²) in [4.78, 5) is 19.4. The van der Waals surface area contributed by atoms with Crippen molar-refractivity contribution in [1.29, 1.82) is 0 Å². The number of nitrogens with one attached hydrogen (secondary N) is 2. The Morgan fingerprint density at radius 1 is 1.09 bits per heavy atom. The Labute approximate surface area is 201 Å². The van der Waals surface area contributed by atoms with E-state index in [1.807, 2.05) is 24.6 Å². The van der Waals surface area contributed by atoms with Crippen LogP contribution in [0.3, 0.4) is 0 Å². The van der Waals surface area contributed by atoms with Crippen molar-refractivity contribution in [3.63, 3.8) is 0 Å². The summed E-state index contributed by atoms with van der Waals surface area (Å²) in [5, 5.41) is 11.2. The van der Waals surface area contributed by atoms with Crippen molar-refractivity contribution in [2.45, 2.75) is 59.0 Å². The SMILES string of the molecule is CCn1nc(-c2ccc(C3CCN(C)CC3)c(C)c2)nc1Nc1cc2c(cc1C)C(=O)NC2C. The maximum absolute atomic E-state index is 12.2. The lowest BCUT2D eigenvalue weighted by Crippen LogP contribution is -2.29. The van der Waals surface area contributed by atoms with Crippen molar-refractivity contribution in [2.75, 3.05) is 25.5 Å². The van der Waals surface area contributed by atoms with E-state index in [-0.39, 0.29) is 11.9 Å². The zero-order valence-electron chi connectivity index (χ0n) is 20.8. The van der Waals surface area contributed by atoms with Gasteiger partial charge >= 0.3 is 0 Å². The number of hydrogen-bond acceptors (Lipinski definition) is 5. The number of amides is 1. The molecule has 178 valence electrons. The predicted octanol–water partition coefficient (Wildman–Crippen LogP) is 4.94. The zero-order valence-corrected chi connectivity index (χ0v) is 20.8. The lowest BCUT2D eigenvalue weighted by atomic mass is 9.86. The minimum atomic E-state index is -0.00442. The Hall–Kier alpha value is -3.19. The summed E-state index contributed by atoms with van der Waals surface area (Å²) in [5.74, 6) is 2.07. The van der Waals surface area contributed by atoms with Crippen LogP contribution in [0.5, 0.6) is 0 Å². The average Bonchev–Trinajstić information content (AvgIpc) is 3.35. The highest BCUT2D eigenvalue weighted by molar-refractivity contribution is 6.00. The fourth-order valence-electron chi connectivity index (χ4n) is 5.26. The molecule has 5 rings (SSSR count). The molecule has 1 atom stereocenters.